The second-order valence-electron chi connectivity index (χ2n) is 1.33. The number of rotatable bonds is 5. The lowest BCUT2D eigenvalue weighted by molar-refractivity contribution is -0.109. The van der Waals surface area contributed by atoms with Gasteiger partial charge in [0.2, 0.25) is 0 Å². The monoisotopic (exact) mass is 112 g/mol. The van der Waals surface area contributed by atoms with E-state index >= 15 is 0 Å². The molecule has 0 saturated carbocycles. The molecular weight excluding hydrogens is 104 g/mol. The lowest BCUT2D eigenvalue weighted by atomic mass is 10.2. The Kier molecular flexibility index (Phi) is 5.82. The van der Waals surface area contributed by atoms with Crippen LogP contribution in [0.5, 0.6) is 0 Å². The van der Waals surface area contributed by atoms with Gasteiger partial charge in [-0.25, -0.2) is 0 Å². The van der Waals surface area contributed by atoms with Crippen LogP contribution in [0.3, 0.4) is 0 Å². The van der Waals surface area contributed by atoms with Crippen molar-refractivity contribution in [2.45, 2.75) is 19.3 Å². The Labute approximate surface area is 48.9 Å². The van der Waals surface area contributed by atoms with Gasteiger partial charge in [-0.1, -0.05) is 0 Å². The van der Waals surface area contributed by atoms with Crippen molar-refractivity contribution in [1.82, 2.24) is 0 Å². The molecule has 0 unspecified atom stereocenters. The van der Waals surface area contributed by atoms with Crippen molar-refractivity contribution < 1.29 is 9.59 Å². The van der Waals surface area contributed by atoms with Crippen molar-refractivity contribution in [3.8, 4) is 0 Å². The van der Waals surface area contributed by atoms with E-state index in [1.807, 2.05) is 0 Å². The molecule has 2 heteroatoms. The Hall–Kier alpha value is -0.660. The van der Waals surface area contributed by atoms with E-state index in [0.29, 0.717) is 19.3 Å². The summed E-state index contributed by atoms with van der Waals surface area (Å²) in [5, 5.41) is 0. The average molecular weight is 112 g/mol. The molecule has 0 aliphatic heterocycles. The highest BCUT2D eigenvalue weighted by Gasteiger charge is 1.84. The third-order valence-electron chi connectivity index (χ3n) is 0.667. The molecule has 0 spiro atoms. The minimum absolute atomic E-state index is 0.341. The molecule has 0 aromatic carbocycles. The quantitative estimate of drug-likeness (QED) is 0.386. The summed E-state index contributed by atoms with van der Waals surface area (Å²) in [5.74, 6) is 0. The van der Waals surface area contributed by atoms with E-state index in [1.165, 1.54) is 0 Å². The van der Waals surface area contributed by atoms with Crippen LogP contribution in [0.15, 0.2) is 0 Å². The van der Waals surface area contributed by atoms with Crippen LogP contribution in [-0.2, 0) is 9.59 Å². The summed E-state index contributed by atoms with van der Waals surface area (Å²) in [6.07, 6.45) is 5.74. The Morgan fingerprint density at radius 1 is 1.25 bits per heavy atom. The largest absolute Gasteiger partial charge is 0.303 e. The summed E-state index contributed by atoms with van der Waals surface area (Å²) in [7, 11) is 0. The molecule has 0 aromatic rings. The Morgan fingerprint density at radius 2 is 2.00 bits per heavy atom. The third-order valence-corrected chi connectivity index (χ3v) is 0.667. The summed E-state index contributed by atoms with van der Waals surface area (Å²) in [5.41, 5.74) is 0. The Balaban J connectivity index is 2.71. The molecule has 2 radical (unpaired) electrons. The highest BCUT2D eigenvalue weighted by Crippen LogP contribution is 1.91. The van der Waals surface area contributed by atoms with Crippen molar-refractivity contribution in [1.29, 1.82) is 0 Å². The predicted octanol–water partition coefficient (Wildman–Crippen LogP) is 0.636. The van der Waals surface area contributed by atoms with Crippen LogP contribution in [0.4, 0.5) is 0 Å². The molecule has 0 aliphatic rings. The maximum Gasteiger partial charge on any atom is 0.120 e. The normalized spacial score (nSPS) is 8.50. The fourth-order valence-corrected chi connectivity index (χ4v) is 0.322. The van der Waals surface area contributed by atoms with Crippen LogP contribution in [0, 0.1) is 6.42 Å². The van der Waals surface area contributed by atoms with E-state index in [2.05, 4.69) is 6.42 Å². The Morgan fingerprint density at radius 3 is 2.50 bits per heavy atom. The van der Waals surface area contributed by atoms with Crippen LogP contribution in [0.1, 0.15) is 19.3 Å². The number of aldehydes is 2. The van der Waals surface area contributed by atoms with Crippen LogP contribution in [0.25, 0.3) is 0 Å². The molecule has 0 aromatic heterocycles. The molecule has 8 heavy (non-hydrogen) atoms. The molecule has 0 saturated heterocycles. The second-order valence-corrected chi connectivity index (χ2v) is 1.33. The van der Waals surface area contributed by atoms with Gasteiger partial charge in [0.05, 0.1) is 0 Å². The van der Waals surface area contributed by atoms with Gasteiger partial charge >= 0.3 is 0 Å². The average Bonchev–Trinajstić information content (AvgIpc) is 1.81. The molecule has 0 fully saturated rings. The highest BCUT2D eigenvalue weighted by atomic mass is 16.1. The molecular formula is C6H8O2. The number of carbonyl (C=O) groups excluding carboxylic acids is 2. The maximum absolute atomic E-state index is 9.64. The van der Waals surface area contributed by atoms with E-state index < -0.39 is 0 Å². The molecule has 0 aliphatic carbocycles. The molecule has 44 valence electrons. The first-order chi connectivity index (χ1) is 3.91. The third kappa shape index (κ3) is 5.34. The summed E-state index contributed by atoms with van der Waals surface area (Å²) < 4.78 is 0. The molecule has 2 nitrogen and oxygen atoms in total. The van der Waals surface area contributed by atoms with Gasteiger partial charge in [0.15, 0.2) is 0 Å². The van der Waals surface area contributed by atoms with Gasteiger partial charge in [-0.15, -0.1) is 0 Å². The van der Waals surface area contributed by atoms with Crippen molar-refractivity contribution in [2.24, 2.45) is 0 Å². The zero-order valence-electron chi connectivity index (χ0n) is 4.59. The van der Waals surface area contributed by atoms with Gasteiger partial charge in [-0.05, 0) is 12.8 Å². The first-order valence-electron chi connectivity index (χ1n) is 2.50. The molecule has 0 bridgehead atoms. The minimum atomic E-state index is 0.341. The number of hydrogen-bond acceptors (Lipinski definition) is 2. The lowest BCUT2D eigenvalue weighted by Crippen LogP contribution is -1.79. The SMILES string of the molecule is O=CC[C]CCC=O. The Bertz CT molecular complexity index is 58.9. The topological polar surface area (TPSA) is 34.1 Å². The highest BCUT2D eigenvalue weighted by molar-refractivity contribution is 5.52. The van der Waals surface area contributed by atoms with E-state index in [0.717, 1.165) is 12.6 Å². The summed E-state index contributed by atoms with van der Waals surface area (Å²) >= 11 is 0. The zero-order valence-corrected chi connectivity index (χ0v) is 4.59. The fourth-order valence-electron chi connectivity index (χ4n) is 0.322. The van der Waals surface area contributed by atoms with Crippen molar-refractivity contribution in [2.75, 3.05) is 0 Å². The molecule has 0 amide bonds. The van der Waals surface area contributed by atoms with E-state index in [-0.39, 0.29) is 0 Å². The van der Waals surface area contributed by atoms with Crippen molar-refractivity contribution in [3.63, 3.8) is 0 Å². The predicted molar refractivity (Wildman–Crippen MR) is 29.2 cm³/mol. The minimum Gasteiger partial charge on any atom is -0.303 e. The van der Waals surface area contributed by atoms with Crippen LogP contribution < -0.4 is 0 Å². The van der Waals surface area contributed by atoms with Crippen molar-refractivity contribution >= 4 is 12.6 Å². The standard InChI is InChI=1S/C6H8O2/c7-5-3-1-2-4-6-8/h5-6H,1,3-4H2. The zero-order chi connectivity index (χ0) is 6.24. The summed E-state index contributed by atoms with van der Waals surface area (Å²) in [6, 6.07) is 0. The summed E-state index contributed by atoms with van der Waals surface area (Å²) in [4.78, 5) is 19.3. The van der Waals surface area contributed by atoms with Gasteiger partial charge in [0, 0.05) is 12.8 Å². The second kappa shape index (κ2) is 6.34. The first-order valence-corrected chi connectivity index (χ1v) is 2.50. The molecule has 0 N–H and O–H groups in total. The van der Waals surface area contributed by atoms with Crippen LogP contribution >= 0.6 is 0 Å². The number of carbonyl (C=O) groups is 2. The molecule has 0 heterocycles. The fraction of sp³-hybridized carbons (Fsp3) is 0.500. The van der Waals surface area contributed by atoms with E-state index in [4.69, 9.17) is 0 Å². The lowest BCUT2D eigenvalue weighted by Gasteiger charge is -1.84. The van der Waals surface area contributed by atoms with E-state index in [1.54, 1.807) is 0 Å². The maximum atomic E-state index is 9.64. The van der Waals surface area contributed by atoms with Crippen LogP contribution in [-0.4, -0.2) is 12.6 Å². The summed E-state index contributed by atoms with van der Waals surface area (Å²) in [6.45, 7) is 0. The first kappa shape index (κ1) is 7.34. The van der Waals surface area contributed by atoms with Gasteiger partial charge in [-0.2, -0.15) is 0 Å². The van der Waals surface area contributed by atoms with Crippen LogP contribution in [0.2, 0.25) is 0 Å². The number of hydrogen-bond donors (Lipinski definition) is 0. The van der Waals surface area contributed by atoms with Gasteiger partial charge in [0.25, 0.3) is 0 Å². The van der Waals surface area contributed by atoms with Gasteiger partial charge < -0.3 is 9.59 Å². The number of unbranched alkanes of at least 4 members (excludes halogenated alkanes) is 3. The smallest absolute Gasteiger partial charge is 0.120 e. The van der Waals surface area contributed by atoms with Gasteiger partial charge in [-0.3, -0.25) is 0 Å². The van der Waals surface area contributed by atoms with Gasteiger partial charge in [0.1, 0.15) is 12.6 Å². The molecule has 0 rings (SSSR count). The van der Waals surface area contributed by atoms with E-state index in [9.17, 15) is 9.59 Å². The molecule has 0 atom stereocenters. The van der Waals surface area contributed by atoms with Crippen molar-refractivity contribution in [3.05, 3.63) is 6.42 Å².